The fraction of sp³-hybridized carbons (Fsp3) is 0.773. The standard InChI is InChI=1S/2C44H76O3S.Ba/c2*1-3-5-7-9-11-13-15-17-19-21-23-25-27-29-31-33-40-35-36-42-39-43(48(45,46)47)38-41(44(42)37-40)34-32-30-28-26-24-22-20-18-16-14-12-10-8-6-4-2;/h2*35-39H,3-34H2,1-2H3,(H,45,46,47);/q;;+2/p-2. The minimum absolute atomic E-state index is 0. The predicted octanol–water partition coefficient (Wildman–Crippen LogP) is 28.8. The zero-order valence-electron chi connectivity index (χ0n) is 64.0. The third kappa shape index (κ3) is 49.2. The van der Waals surface area contributed by atoms with Crippen LogP contribution in [-0.4, -0.2) is 74.8 Å². The molecule has 0 radical (unpaired) electrons. The van der Waals surface area contributed by atoms with Crippen LogP contribution in [0.5, 0.6) is 0 Å². The molecule has 0 amide bonds. The molecular formula is C88H150BaO6S2. The first-order chi connectivity index (χ1) is 46.9. The van der Waals surface area contributed by atoms with E-state index in [2.05, 4.69) is 52.0 Å². The Morgan fingerprint density at radius 2 is 0.402 bits per heavy atom. The van der Waals surface area contributed by atoms with E-state index in [0.717, 1.165) is 84.0 Å². The Kier molecular flexibility index (Phi) is 59.9. The van der Waals surface area contributed by atoms with Crippen LogP contribution in [0, 0.1) is 0 Å². The fourth-order valence-corrected chi connectivity index (χ4v) is 15.8. The molecular weight excluding hydrogens is 1350 g/mol. The van der Waals surface area contributed by atoms with Gasteiger partial charge in [-0.1, -0.05) is 424 Å². The molecule has 4 aromatic rings. The molecule has 552 valence electrons. The van der Waals surface area contributed by atoms with Crippen molar-refractivity contribution in [2.45, 2.75) is 448 Å². The molecule has 9 heteroatoms. The van der Waals surface area contributed by atoms with Crippen molar-refractivity contribution in [3.63, 3.8) is 0 Å². The number of hydrogen-bond donors (Lipinski definition) is 0. The van der Waals surface area contributed by atoms with Crippen LogP contribution in [0.15, 0.2) is 70.5 Å². The Balaban J connectivity index is 0.000000653. The van der Waals surface area contributed by atoms with Crippen LogP contribution in [0.25, 0.3) is 21.5 Å². The maximum atomic E-state index is 11.9. The molecule has 0 aromatic heterocycles. The summed E-state index contributed by atoms with van der Waals surface area (Å²) in [5.41, 5.74) is 4.70. The Morgan fingerprint density at radius 1 is 0.227 bits per heavy atom. The van der Waals surface area contributed by atoms with Crippen LogP contribution >= 0.6 is 0 Å². The zero-order valence-corrected chi connectivity index (χ0v) is 70.1. The van der Waals surface area contributed by atoms with Gasteiger partial charge in [0.2, 0.25) is 0 Å². The van der Waals surface area contributed by atoms with Gasteiger partial charge in [0.25, 0.3) is 0 Å². The largest absolute Gasteiger partial charge is 2.00 e. The van der Waals surface area contributed by atoms with Gasteiger partial charge in [0.1, 0.15) is 20.2 Å². The summed E-state index contributed by atoms with van der Waals surface area (Å²) in [5, 5.41) is 4.02. The third-order valence-electron chi connectivity index (χ3n) is 21.0. The van der Waals surface area contributed by atoms with E-state index in [4.69, 9.17) is 0 Å². The van der Waals surface area contributed by atoms with Crippen LogP contribution in [-0.2, 0) is 45.9 Å². The van der Waals surface area contributed by atoms with E-state index < -0.39 is 20.2 Å². The second-order valence-corrected chi connectivity index (χ2v) is 32.7. The number of hydrogen-bond acceptors (Lipinski definition) is 6. The predicted molar refractivity (Wildman–Crippen MR) is 424 cm³/mol. The molecule has 6 nitrogen and oxygen atoms in total. The second kappa shape index (κ2) is 63.3. The average molecular weight is 1510 g/mol. The molecule has 0 spiro atoms. The van der Waals surface area contributed by atoms with Gasteiger partial charge in [0.15, 0.2) is 0 Å². The maximum Gasteiger partial charge on any atom is 2.00 e. The van der Waals surface area contributed by atoms with Crippen molar-refractivity contribution in [3.05, 3.63) is 82.9 Å². The van der Waals surface area contributed by atoms with Crippen molar-refractivity contribution >= 4 is 90.7 Å². The molecule has 4 rings (SSSR count). The molecule has 0 N–H and O–H groups in total. The van der Waals surface area contributed by atoms with Gasteiger partial charge in [-0.2, -0.15) is 0 Å². The van der Waals surface area contributed by atoms with Gasteiger partial charge in [0.05, 0.1) is 9.79 Å². The number of unbranched alkanes of at least 4 members (excludes halogenated alkanes) is 56. The van der Waals surface area contributed by atoms with Crippen molar-refractivity contribution in [1.82, 2.24) is 0 Å². The normalized spacial score (nSPS) is 11.9. The third-order valence-corrected chi connectivity index (χ3v) is 22.6. The monoisotopic (exact) mass is 1500 g/mol. The van der Waals surface area contributed by atoms with E-state index in [1.54, 1.807) is 24.3 Å². The molecule has 0 aliphatic rings. The summed E-state index contributed by atoms with van der Waals surface area (Å²) in [6, 6.07) is 19.3. The summed E-state index contributed by atoms with van der Waals surface area (Å²) in [6.07, 6.45) is 84.9. The molecule has 0 fully saturated rings. The molecule has 0 bridgehead atoms. The van der Waals surface area contributed by atoms with Gasteiger partial charge in [0, 0.05) is 0 Å². The quantitative estimate of drug-likeness (QED) is 0.0247. The Labute approximate surface area is 642 Å². The molecule has 0 atom stereocenters. The van der Waals surface area contributed by atoms with Crippen LogP contribution in [0.3, 0.4) is 0 Å². The number of aryl methyl sites for hydroxylation is 4. The molecule has 0 saturated carbocycles. The number of benzene rings is 4. The van der Waals surface area contributed by atoms with E-state index in [0.29, 0.717) is 0 Å². The average Bonchev–Trinajstić information content (AvgIpc) is 0.800. The van der Waals surface area contributed by atoms with Gasteiger partial charge in [-0.15, -0.1) is 0 Å². The first-order valence-electron chi connectivity index (χ1n) is 41.9. The van der Waals surface area contributed by atoms with Gasteiger partial charge < -0.3 is 9.11 Å². The molecule has 4 aromatic carbocycles. The van der Waals surface area contributed by atoms with E-state index in [-0.39, 0.29) is 58.7 Å². The van der Waals surface area contributed by atoms with Crippen molar-refractivity contribution < 1.29 is 25.9 Å². The van der Waals surface area contributed by atoms with Crippen molar-refractivity contribution in [2.75, 3.05) is 0 Å². The Bertz CT molecular complexity index is 2500. The number of rotatable bonds is 66. The van der Waals surface area contributed by atoms with E-state index >= 15 is 0 Å². The maximum absolute atomic E-state index is 11.9. The van der Waals surface area contributed by atoms with Crippen LogP contribution in [0.4, 0.5) is 0 Å². The topological polar surface area (TPSA) is 114 Å². The fourth-order valence-electron chi connectivity index (χ4n) is 14.7. The summed E-state index contributed by atoms with van der Waals surface area (Å²) in [5.74, 6) is 0. The van der Waals surface area contributed by atoms with Gasteiger partial charge in [-0.25, -0.2) is 16.8 Å². The Hall–Kier alpha value is -1.21. The first kappa shape index (κ1) is 91.9. The SMILES string of the molecule is CCCCCCCCCCCCCCCCCc1ccc2cc(S(=O)(=O)[O-])cc(CCCCCCCCCCCCCCCCC)c2c1.CCCCCCCCCCCCCCCCCc1ccc2cc(S(=O)(=O)[O-])cc(CCCCCCCCCCCCCCCCC)c2c1.[Ba+2]. The van der Waals surface area contributed by atoms with E-state index in [1.165, 1.54) is 371 Å². The molecule has 0 aliphatic carbocycles. The van der Waals surface area contributed by atoms with Crippen molar-refractivity contribution in [1.29, 1.82) is 0 Å². The van der Waals surface area contributed by atoms with Gasteiger partial charge in [-0.05, 0) is 119 Å². The van der Waals surface area contributed by atoms with E-state index in [1.807, 2.05) is 12.1 Å². The van der Waals surface area contributed by atoms with E-state index in [9.17, 15) is 25.9 Å². The summed E-state index contributed by atoms with van der Waals surface area (Å²) in [6.45, 7) is 9.13. The zero-order chi connectivity index (χ0) is 69.1. The molecule has 0 heterocycles. The van der Waals surface area contributed by atoms with Crippen LogP contribution in [0.1, 0.15) is 435 Å². The minimum atomic E-state index is -4.47. The first-order valence-corrected chi connectivity index (χ1v) is 44.8. The van der Waals surface area contributed by atoms with Gasteiger partial charge in [-0.3, -0.25) is 0 Å². The minimum Gasteiger partial charge on any atom is -0.744 e. The smallest absolute Gasteiger partial charge is 0.744 e. The summed E-state index contributed by atoms with van der Waals surface area (Å²) in [7, 11) is -8.95. The Morgan fingerprint density at radius 3 is 0.588 bits per heavy atom. The van der Waals surface area contributed by atoms with Crippen molar-refractivity contribution in [2.24, 2.45) is 0 Å². The summed E-state index contributed by atoms with van der Waals surface area (Å²) >= 11 is 0. The molecule has 0 unspecified atom stereocenters. The molecule has 97 heavy (non-hydrogen) atoms. The number of fused-ring (bicyclic) bond motifs is 2. The molecule has 0 saturated heterocycles. The summed E-state index contributed by atoms with van der Waals surface area (Å²) < 4.78 is 71.5. The summed E-state index contributed by atoms with van der Waals surface area (Å²) in [4.78, 5) is -0.165. The van der Waals surface area contributed by atoms with Crippen LogP contribution < -0.4 is 0 Å². The van der Waals surface area contributed by atoms with Gasteiger partial charge >= 0.3 is 48.9 Å². The van der Waals surface area contributed by atoms with Crippen LogP contribution in [0.2, 0.25) is 0 Å². The second-order valence-electron chi connectivity index (χ2n) is 30.0. The molecule has 0 aliphatic heterocycles. The van der Waals surface area contributed by atoms with Crippen molar-refractivity contribution in [3.8, 4) is 0 Å².